The maximum atomic E-state index is 6.27. The number of rotatable bonds is 4. The SMILES string of the molecule is Clc1ccccc1C[NH+]1CCC(Cc2ccccc2)CC1. The van der Waals surface area contributed by atoms with E-state index in [4.69, 9.17) is 11.6 Å². The number of likely N-dealkylation sites (tertiary alicyclic amines) is 1. The van der Waals surface area contributed by atoms with Gasteiger partial charge in [0.05, 0.1) is 13.1 Å². The van der Waals surface area contributed by atoms with E-state index in [1.165, 1.54) is 43.5 Å². The van der Waals surface area contributed by atoms with Crippen molar-refractivity contribution in [3.63, 3.8) is 0 Å². The van der Waals surface area contributed by atoms with Crippen LogP contribution in [0.25, 0.3) is 0 Å². The number of halogens is 1. The van der Waals surface area contributed by atoms with Crippen LogP contribution in [0, 0.1) is 5.92 Å². The molecule has 21 heavy (non-hydrogen) atoms. The van der Waals surface area contributed by atoms with E-state index in [0.29, 0.717) is 0 Å². The fourth-order valence-electron chi connectivity index (χ4n) is 3.33. The van der Waals surface area contributed by atoms with E-state index < -0.39 is 0 Å². The van der Waals surface area contributed by atoms with Crippen molar-refractivity contribution in [2.75, 3.05) is 13.1 Å². The molecule has 1 aliphatic rings. The first-order valence-electron chi connectivity index (χ1n) is 7.92. The van der Waals surface area contributed by atoms with Crippen molar-refractivity contribution < 1.29 is 4.90 Å². The predicted molar refractivity (Wildman–Crippen MR) is 88.7 cm³/mol. The van der Waals surface area contributed by atoms with Gasteiger partial charge in [-0.25, -0.2) is 0 Å². The molecule has 0 aliphatic carbocycles. The van der Waals surface area contributed by atoms with Crippen LogP contribution in [0.5, 0.6) is 0 Å². The molecule has 0 saturated carbocycles. The molecule has 1 fully saturated rings. The predicted octanol–water partition coefficient (Wildman–Crippen LogP) is 3.38. The maximum absolute atomic E-state index is 6.27. The summed E-state index contributed by atoms with van der Waals surface area (Å²) in [6, 6.07) is 19.1. The third-order valence-electron chi connectivity index (χ3n) is 4.58. The summed E-state index contributed by atoms with van der Waals surface area (Å²) in [4.78, 5) is 1.67. The van der Waals surface area contributed by atoms with Crippen LogP contribution in [0.15, 0.2) is 54.6 Å². The zero-order valence-electron chi connectivity index (χ0n) is 12.4. The van der Waals surface area contributed by atoms with Crippen molar-refractivity contribution in [3.8, 4) is 0 Å². The third kappa shape index (κ3) is 4.09. The largest absolute Gasteiger partial charge is 0.331 e. The summed E-state index contributed by atoms with van der Waals surface area (Å²) in [5.41, 5.74) is 2.77. The van der Waals surface area contributed by atoms with Gasteiger partial charge in [0.2, 0.25) is 0 Å². The fourth-order valence-corrected chi connectivity index (χ4v) is 3.53. The molecule has 2 heteroatoms. The second-order valence-corrected chi connectivity index (χ2v) is 6.56. The minimum atomic E-state index is 0.849. The molecule has 1 heterocycles. The van der Waals surface area contributed by atoms with Gasteiger partial charge in [0.25, 0.3) is 0 Å². The summed E-state index contributed by atoms with van der Waals surface area (Å²) in [6.45, 7) is 3.60. The second kappa shape index (κ2) is 7.11. The number of hydrogen-bond acceptors (Lipinski definition) is 0. The van der Waals surface area contributed by atoms with Gasteiger partial charge in [0.15, 0.2) is 0 Å². The molecule has 2 aromatic carbocycles. The molecule has 1 aliphatic heterocycles. The smallest absolute Gasteiger partial charge is 0.104 e. The Morgan fingerprint density at radius 3 is 2.29 bits per heavy atom. The van der Waals surface area contributed by atoms with Gasteiger partial charge in [-0.1, -0.05) is 60.1 Å². The number of benzene rings is 2. The first-order valence-corrected chi connectivity index (χ1v) is 8.30. The highest BCUT2D eigenvalue weighted by Gasteiger charge is 2.22. The Kier molecular flexibility index (Phi) is 4.95. The van der Waals surface area contributed by atoms with E-state index in [9.17, 15) is 0 Å². The van der Waals surface area contributed by atoms with Crippen molar-refractivity contribution in [2.24, 2.45) is 5.92 Å². The minimum absolute atomic E-state index is 0.849. The zero-order valence-corrected chi connectivity index (χ0v) is 13.2. The molecular formula is C19H23ClN+. The van der Waals surface area contributed by atoms with Crippen LogP contribution in [0.1, 0.15) is 24.0 Å². The number of quaternary nitrogens is 1. The van der Waals surface area contributed by atoms with Crippen molar-refractivity contribution in [1.82, 2.24) is 0 Å². The Morgan fingerprint density at radius 2 is 1.57 bits per heavy atom. The molecule has 3 rings (SSSR count). The molecular weight excluding hydrogens is 278 g/mol. The van der Waals surface area contributed by atoms with Crippen LogP contribution in [0.4, 0.5) is 0 Å². The molecule has 0 amide bonds. The molecule has 0 spiro atoms. The first-order chi connectivity index (χ1) is 10.3. The molecule has 110 valence electrons. The summed E-state index contributed by atoms with van der Waals surface area (Å²) in [5, 5.41) is 0.913. The molecule has 1 N–H and O–H groups in total. The van der Waals surface area contributed by atoms with Crippen molar-refractivity contribution in [2.45, 2.75) is 25.8 Å². The van der Waals surface area contributed by atoms with Crippen LogP contribution in [-0.4, -0.2) is 13.1 Å². The van der Waals surface area contributed by atoms with Gasteiger partial charge in [-0.05, 0) is 36.8 Å². The zero-order chi connectivity index (χ0) is 14.5. The molecule has 2 aromatic rings. The van der Waals surface area contributed by atoms with E-state index in [1.54, 1.807) is 4.90 Å². The third-order valence-corrected chi connectivity index (χ3v) is 4.95. The van der Waals surface area contributed by atoms with Crippen LogP contribution in [-0.2, 0) is 13.0 Å². The first kappa shape index (κ1) is 14.6. The lowest BCUT2D eigenvalue weighted by Gasteiger charge is -2.29. The molecule has 0 unspecified atom stereocenters. The van der Waals surface area contributed by atoms with E-state index in [0.717, 1.165) is 17.5 Å². The summed E-state index contributed by atoms with van der Waals surface area (Å²) < 4.78 is 0. The van der Waals surface area contributed by atoms with E-state index >= 15 is 0 Å². The van der Waals surface area contributed by atoms with Crippen molar-refractivity contribution >= 4 is 11.6 Å². The Labute approximate surface area is 132 Å². The average molecular weight is 301 g/mol. The molecule has 1 saturated heterocycles. The van der Waals surface area contributed by atoms with Crippen LogP contribution >= 0.6 is 11.6 Å². The van der Waals surface area contributed by atoms with Gasteiger partial charge >= 0.3 is 0 Å². The second-order valence-electron chi connectivity index (χ2n) is 6.15. The monoisotopic (exact) mass is 300 g/mol. The quantitative estimate of drug-likeness (QED) is 0.883. The summed E-state index contributed by atoms with van der Waals surface area (Å²) in [5.74, 6) is 0.849. The Balaban J connectivity index is 1.50. The average Bonchev–Trinajstić information content (AvgIpc) is 2.52. The normalized spacial score (nSPS) is 22.1. The Hall–Kier alpha value is -1.31. The maximum Gasteiger partial charge on any atom is 0.104 e. The molecule has 0 aromatic heterocycles. The lowest BCUT2D eigenvalue weighted by Crippen LogP contribution is -3.11. The summed E-state index contributed by atoms with van der Waals surface area (Å²) >= 11 is 6.27. The topological polar surface area (TPSA) is 4.44 Å². The highest BCUT2D eigenvalue weighted by atomic mass is 35.5. The summed E-state index contributed by atoms with van der Waals surface area (Å²) in [7, 11) is 0. The van der Waals surface area contributed by atoms with Gasteiger partial charge in [0, 0.05) is 10.6 Å². The Morgan fingerprint density at radius 1 is 0.905 bits per heavy atom. The summed E-state index contributed by atoms with van der Waals surface area (Å²) in [6.07, 6.45) is 3.89. The fraction of sp³-hybridized carbons (Fsp3) is 0.368. The van der Waals surface area contributed by atoms with Gasteiger partial charge in [-0.3, -0.25) is 0 Å². The van der Waals surface area contributed by atoms with E-state index in [-0.39, 0.29) is 0 Å². The lowest BCUT2D eigenvalue weighted by atomic mass is 9.90. The van der Waals surface area contributed by atoms with E-state index in [1.807, 2.05) is 12.1 Å². The minimum Gasteiger partial charge on any atom is -0.331 e. The van der Waals surface area contributed by atoms with Gasteiger partial charge < -0.3 is 4.90 Å². The standard InChI is InChI=1S/C19H22ClN/c20-19-9-5-4-8-18(19)15-21-12-10-17(11-13-21)14-16-6-2-1-3-7-16/h1-9,17H,10-15H2/p+1. The van der Waals surface area contributed by atoms with Crippen molar-refractivity contribution in [1.29, 1.82) is 0 Å². The number of piperidine rings is 1. The highest BCUT2D eigenvalue weighted by molar-refractivity contribution is 6.31. The van der Waals surface area contributed by atoms with E-state index in [2.05, 4.69) is 42.5 Å². The van der Waals surface area contributed by atoms with Gasteiger partial charge in [0.1, 0.15) is 6.54 Å². The molecule has 1 nitrogen and oxygen atoms in total. The number of hydrogen-bond donors (Lipinski definition) is 1. The molecule has 0 atom stereocenters. The number of nitrogens with one attached hydrogen (secondary N) is 1. The van der Waals surface area contributed by atoms with Crippen LogP contribution in [0.2, 0.25) is 5.02 Å². The van der Waals surface area contributed by atoms with Crippen LogP contribution < -0.4 is 4.90 Å². The molecule has 0 radical (unpaired) electrons. The van der Waals surface area contributed by atoms with Crippen LogP contribution in [0.3, 0.4) is 0 Å². The van der Waals surface area contributed by atoms with Gasteiger partial charge in [-0.15, -0.1) is 0 Å². The van der Waals surface area contributed by atoms with Crippen molar-refractivity contribution in [3.05, 3.63) is 70.7 Å². The highest BCUT2D eigenvalue weighted by Crippen LogP contribution is 2.18. The Bertz CT molecular complexity index is 559. The molecule has 0 bridgehead atoms. The lowest BCUT2D eigenvalue weighted by molar-refractivity contribution is -0.919. The van der Waals surface area contributed by atoms with Gasteiger partial charge in [-0.2, -0.15) is 0 Å².